The van der Waals surface area contributed by atoms with E-state index in [0.717, 1.165) is 28.2 Å². The van der Waals surface area contributed by atoms with Gasteiger partial charge in [-0.05, 0) is 42.8 Å². The highest BCUT2D eigenvalue weighted by Crippen LogP contribution is 2.27. The van der Waals surface area contributed by atoms with Crippen LogP contribution in [0.4, 0.5) is 16.2 Å². The molecule has 2 N–H and O–H groups in total. The Labute approximate surface area is 151 Å². The van der Waals surface area contributed by atoms with Crippen molar-refractivity contribution in [2.75, 3.05) is 10.6 Å². The maximum absolute atomic E-state index is 12.4. The van der Waals surface area contributed by atoms with Crippen molar-refractivity contribution in [1.82, 2.24) is 9.38 Å². The van der Waals surface area contributed by atoms with E-state index in [4.69, 9.17) is 0 Å². The Bertz CT molecular complexity index is 1050. The average Bonchev–Trinajstić information content (AvgIpc) is 3.06. The minimum absolute atomic E-state index is 0.285. The predicted octanol–water partition coefficient (Wildman–Crippen LogP) is 4.95. The van der Waals surface area contributed by atoms with Crippen LogP contribution in [-0.2, 0) is 0 Å². The van der Waals surface area contributed by atoms with Crippen LogP contribution in [0.5, 0.6) is 0 Å². The fraction of sp³-hybridized carbons (Fsp3) is 0.0476. The number of benzene rings is 2. The Morgan fingerprint density at radius 3 is 2.65 bits per heavy atom. The van der Waals surface area contributed by atoms with Crippen molar-refractivity contribution < 1.29 is 4.79 Å². The number of hydrogen-bond donors (Lipinski definition) is 2. The minimum atomic E-state index is -0.285. The van der Waals surface area contributed by atoms with Gasteiger partial charge in [-0.1, -0.05) is 36.4 Å². The van der Waals surface area contributed by atoms with Crippen molar-refractivity contribution >= 4 is 23.1 Å². The zero-order chi connectivity index (χ0) is 17.9. The Balaban J connectivity index is 1.60. The largest absolute Gasteiger partial charge is 0.323 e. The summed E-state index contributed by atoms with van der Waals surface area (Å²) in [6, 6.07) is 20.9. The van der Waals surface area contributed by atoms with Crippen LogP contribution in [-0.4, -0.2) is 15.4 Å². The molecule has 0 aliphatic carbocycles. The van der Waals surface area contributed by atoms with E-state index < -0.39 is 0 Å². The molecule has 0 aliphatic heterocycles. The van der Waals surface area contributed by atoms with Gasteiger partial charge in [-0.3, -0.25) is 0 Å². The highest BCUT2D eigenvalue weighted by Gasteiger charge is 2.11. The summed E-state index contributed by atoms with van der Waals surface area (Å²) in [7, 11) is 0. The number of imidazole rings is 1. The number of hydrogen-bond acceptors (Lipinski definition) is 2. The molecule has 0 aliphatic rings. The van der Waals surface area contributed by atoms with Crippen molar-refractivity contribution in [3.63, 3.8) is 0 Å². The van der Waals surface area contributed by atoms with Crippen LogP contribution >= 0.6 is 0 Å². The molecule has 0 unspecified atom stereocenters. The summed E-state index contributed by atoms with van der Waals surface area (Å²) >= 11 is 0. The fourth-order valence-corrected chi connectivity index (χ4v) is 2.89. The lowest BCUT2D eigenvalue weighted by molar-refractivity contribution is 0.262. The van der Waals surface area contributed by atoms with Gasteiger partial charge >= 0.3 is 6.03 Å². The Hall–Kier alpha value is -3.60. The van der Waals surface area contributed by atoms with E-state index in [-0.39, 0.29) is 6.03 Å². The zero-order valence-corrected chi connectivity index (χ0v) is 14.3. The van der Waals surface area contributed by atoms with Crippen molar-refractivity contribution in [2.24, 2.45) is 0 Å². The molecule has 2 amide bonds. The number of nitrogens with zero attached hydrogens (tertiary/aromatic N) is 2. The van der Waals surface area contributed by atoms with Gasteiger partial charge in [0.15, 0.2) is 0 Å². The molecule has 0 bridgehead atoms. The molecule has 5 nitrogen and oxygen atoms in total. The van der Waals surface area contributed by atoms with Crippen LogP contribution in [0.3, 0.4) is 0 Å². The molecule has 0 saturated heterocycles. The molecule has 0 radical (unpaired) electrons. The summed E-state index contributed by atoms with van der Waals surface area (Å²) in [6.07, 6.45) is 3.90. The number of nitrogens with one attached hydrogen (secondary N) is 2. The van der Waals surface area contributed by atoms with Gasteiger partial charge in [0, 0.05) is 23.6 Å². The number of fused-ring (bicyclic) bond motifs is 1. The standard InChI is InChI=1S/C21H18N4O/c1-15-7-6-8-16(13-15)22-21(26)24-18-10-3-2-9-17(18)19-14-25-12-5-4-11-20(25)23-19/h2-14H,1H3,(H2,22,24,26). The molecule has 5 heteroatoms. The second-order valence-corrected chi connectivity index (χ2v) is 6.09. The van der Waals surface area contributed by atoms with Crippen molar-refractivity contribution in [3.8, 4) is 11.3 Å². The number of para-hydroxylation sites is 1. The second kappa shape index (κ2) is 6.72. The number of carbonyl (C=O) groups is 1. The van der Waals surface area contributed by atoms with Gasteiger partial charge in [0.25, 0.3) is 0 Å². The predicted molar refractivity (Wildman–Crippen MR) is 104 cm³/mol. The first-order valence-electron chi connectivity index (χ1n) is 8.37. The third kappa shape index (κ3) is 3.28. The number of carbonyl (C=O) groups excluding carboxylic acids is 1. The van der Waals surface area contributed by atoms with E-state index in [1.165, 1.54) is 0 Å². The molecular formula is C21H18N4O. The third-order valence-electron chi connectivity index (χ3n) is 4.09. The maximum atomic E-state index is 12.4. The van der Waals surface area contributed by atoms with Crippen molar-refractivity contribution in [1.29, 1.82) is 0 Å². The summed E-state index contributed by atoms with van der Waals surface area (Å²) in [5.41, 5.74) is 5.10. The van der Waals surface area contributed by atoms with Gasteiger partial charge in [0.1, 0.15) is 5.65 Å². The Kier molecular flexibility index (Phi) is 4.11. The maximum Gasteiger partial charge on any atom is 0.323 e. The number of aromatic nitrogens is 2. The van der Waals surface area contributed by atoms with E-state index in [2.05, 4.69) is 15.6 Å². The molecule has 0 saturated carbocycles. The van der Waals surface area contributed by atoms with E-state index in [0.29, 0.717) is 5.69 Å². The SMILES string of the molecule is Cc1cccc(NC(=O)Nc2ccccc2-c2cn3ccccc3n2)c1. The molecule has 4 aromatic rings. The molecule has 4 rings (SSSR count). The van der Waals surface area contributed by atoms with Gasteiger partial charge in [-0.15, -0.1) is 0 Å². The number of urea groups is 1. The first kappa shape index (κ1) is 15.9. The number of amides is 2. The molecule has 2 heterocycles. The normalized spacial score (nSPS) is 10.7. The number of anilines is 2. The minimum Gasteiger partial charge on any atom is -0.308 e. The van der Waals surface area contributed by atoms with Crippen LogP contribution in [0.1, 0.15) is 5.56 Å². The summed E-state index contributed by atoms with van der Waals surface area (Å²) in [5, 5.41) is 5.78. The first-order valence-corrected chi connectivity index (χ1v) is 8.37. The molecular weight excluding hydrogens is 324 g/mol. The quantitative estimate of drug-likeness (QED) is 0.553. The lowest BCUT2D eigenvalue weighted by Crippen LogP contribution is -2.19. The highest BCUT2D eigenvalue weighted by atomic mass is 16.2. The van der Waals surface area contributed by atoms with Crippen LogP contribution < -0.4 is 10.6 Å². The second-order valence-electron chi connectivity index (χ2n) is 6.09. The van der Waals surface area contributed by atoms with E-state index in [1.807, 2.05) is 90.4 Å². The lowest BCUT2D eigenvalue weighted by atomic mass is 10.1. The third-order valence-corrected chi connectivity index (χ3v) is 4.09. The van der Waals surface area contributed by atoms with Gasteiger partial charge in [-0.25, -0.2) is 9.78 Å². The zero-order valence-electron chi connectivity index (χ0n) is 14.3. The summed E-state index contributed by atoms with van der Waals surface area (Å²) in [6.45, 7) is 1.99. The lowest BCUT2D eigenvalue weighted by Gasteiger charge is -2.11. The summed E-state index contributed by atoms with van der Waals surface area (Å²) in [4.78, 5) is 17.0. The van der Waals surface area contributed by atoms with Crippen LogP contribution in [0.2, 0.25) is 0 Å². The Morgan fingerprint density at radius 2 is 1.81 bits per heavy atom. The molecule has 26 heavy (non-hydrogen) atoms. The van der Waals surface area contributed by atoms with Crippen molar-refractivity contribution in [2.45, 2.75) is 6.92 Å². The first-order chi connectivity index (χ1) is 12.7. The van der Waals surface area contributed by atoms with Crippen LogP contribution in [0.25, 0.3) is 16.9 Å². The van der Waals surface area contributed by atoms with Crippen molar-refractivity contribution in [3.05, 3.63) is 84.7 Å². The monoisotopic (exact) mass is 342 g/mol. The van der Waals surface area contributed by atoms with Gasteiger partial charge in [0.05, 0.1) is 11.4 Å². The van der Waals surface area contributed by atoms with Crippen LogP contribution in [0, 0.1) is 6.92 Å². The summed E-state index contributed by atoms with van der Waals surface area (Å²) in [5.74, 6) is 0. The van der Waals surface area contributed by atoms with Gasteiger partial charge < -0.3 is 15.0 Å². The number of aryl methyl sites for hydroxylation is 1. The number of rotatable bonds is 3. The average molecular weight is 342 g/mol. The molecule has 2 aromatic carbocycles. The topological polar surface area (TPSA) is 58.4 Å². The van der Waals surface area contributed by atoms with Crippen LogP contribution in [0.15, 0.2) is 79.1 Å². The van der Waals surface area contributed by atoms with Gasteiger partial charge in [0.2, 0.25) is 0 Å². The highest BCUT2D eigenvalue weighted by molar-refractivity contribution is 6.02. The molecule has 128 valence electrons. The molecule has 0 fully saturated rings. The van der Waals surface area contributed by atoms with Gasteiger partial charge in [-0.2, -0.15) is 0 Å². The van der Waals surface area contributed by atoms with E-state index in [9.17, 15) is 4.79 Å². The number of pyridine rings is 1. The Morgan fingerprint density at radius 1 is 0.962 bits per heavy atom. The smallest absolute Gasteiger partial charge is 0.308 e. The fourth-order valence-electron chi connectivity index (χ4n) is 2.89. The van der Waals surface area contributed by atoms with E-state index in [1.54, 1.807) is 0 Å². The molecule has 0 atom stereocenters. The van der Waals surface area contributed by atoms with E-state index >= 15 is 0 Å². The molecule has 0 spiro atoms. The molecule has 2 aromatic heterocycles. The summed E-state index contributed by atoms with van der Waals surface area (Å²) < 4.78 is 1.96.